The Morgan fingerprint density at radius 1 is 1.17 bits per heavy atom. The zero-order chi connectivity index (χ0) is 17.3. The normalized spacial score (nSPS) is 17.8. The summed E-state index contributed by atoms with van der Waals surface area (Å²) in [4.78, 5) is 0. The van der Waals surface area contributed by atoms with E-state index in [4.69, 9.17) is 4.18 Å². The Balaban J connectivity index is 2.09. The Morgan fingerprint density at radius 2 is 1.88 bits per heavy atom. The number of phenols is 2. The molecular formula is C17H19NO5S. The second-order valence-corrected chi connectivity index (χ2v) is 7.48. The van der Waals surface area contributed by atoms with E-state index in [-0.39, 0.29) is 23.2 Å². The molecule has 0 aliphatic carbocycles. The molecule has 2 aromatic rings. The van der Waals surface area contributed by atoms with Gasteiger partial charge in [-0.15, -0.1) is 0 Å². The maximum absolute atomic E-state index is 11.4. The topological polar surface area (TPSA) is 95.9 Å². The minimum atomic E-state index is -3.73. The van der Waals surface area contributed by atoms with Crippen LogP contribution in [0.4, 0.5) is 0 Å². The average molecular weight is 349 g/mol. The van der Waals surface area contributed by atoms with Gasteiger partial charge >= 0.3 is 10.1 Å². The summed E-state index contributed by atoms with van der Waals surface area (Å²) in [6.45, 7) is 1.42. The fourth-order valence-corrected chi connectivity index (χ4v) is 3.44. The monoisotopic (exact) mass is 349 g/mol. The molecule has 6 nitrogen and oxygen atoms in total. The van der Waals surface area contributed by atoms with E-state index in [1.807, 2.05) is 12.1 Å². The van der Waals surface area contributed by atoms with E-state index >= 15 is 0 Å². The first kappa shape index (κ1) is 16.6. The van der Waals surface area contributed by atoms with Crippen molar-refractivity contribution in [2.24, 2.45) is 0 Å². The van der Waals surface area contributed by atoms with Crippen LogP contribution in [0.3, 0.4) is 0 Å². The minimum absolute atomic E-state index is 0.0365. The number of benzene rings is 2. The summed E-state index contributed by atoms with van der Waals surface area (Å²) in [6, 6.07) is 10.1. The van der Waals surface area contributed by atoms with Gasteiger partial charge in [0.1, 0.15) is 5.75 Å². The molecule has 0 amide bonds. The second kappa shape index (κ2) is 6.33. The molecule has 2 aromatic carbocycles. The molecule has 0 saturated heterocycles. The van der Waals surface area contributed by atoms with E-state index in [1.165, 1.54) is 0 Å². The van der Waals surface area contributed by atoms with E-state index in [1.54, 1.807) is 24.3 Å². The summed E-state index contributed by atoms with van der Waals surface area (Å²) in [5.74, 6) is -0.106. The van der Waals surface area contributed by atoms with Gasteiger partial charge in [-0.25, -0.2) is 0 Å². The summed E-state index contributed by atoms with van der Waals surface area (Å²) in [5.41, 5.74) is 2.83. The van der Waals surface area contributed by atoms with Crippen LogP contribution in [-0.4, -0.2) is 38.0 Å². The molecule has 128 valence electrons. The van der Waals surface area contributed by atoms with E-state index < -0.39 is 10.1 Å². The number of hydrogen-bond donors (Lipinski definition) is 3. The van der Waals surface area contributed by atoms with Gasteiger partial charge in [-0.1, -0.05) is 12.1 Å². The molecule has 1 aliphatic heterocycles. The predicted octanol–water partition coefficient (Wildman–Crippen LogP) is 1.71. The number of hydrogen-bond acceptors (Lipinski definition) is 6. The smallest absolute Gasteiger partial charge is 0.306 e. The Kier molecular flexibility index (Phi) is 4.38. The van der Waals surface area contributed by atoms with Crippen molar-refractivity contribution >= 4 is 10.1 Å². The number of phenolic OH excluding ortho intramolecular Hbond substituents is 2. The van der Waals surface area contributed by atoms with Crippen molar-refractivity contribution in [1.82, 2.24) is 5.32 Å². The lowest BCUT2D eigenvalue weighted by molar-refractivity contribution is 0.429. The van der Waals surface area contributed by atoms with Crippen LogP contribution in [0, 0.1) is 0 Å². The van der Waals surface area contributed by atoms with Gasteiger partial charge in [0, 0.05) is 12.5 Å². The molecule has 0 spiro atoms. The summed E-state index contributed by atoms with van der Waals surface area (Å²) in [7, 11) is -3.73. The first-order chi connectivity index (χ1) is 11.3. The Labute approximate surface area is 140 Å². The zero-order valence-electron chi connectivity index (χ0n) is 13.2. The predicted molar refractivity (Wildman–Crippen MR) is 90.1 cm³/mol. The Hall–Kier alpha value is -2.25. The van der Waals surface area contributed by atoms with Crippen molar-refractivity contribution in [3.8, 4) is 17.2 Å². The van der Waals surface area contributed by atoms with Crippen molar-refractivity contribution < 1.29 is 22.8 Å². The molecule has 7 heteroatoms. The zero-order valence-corrected chi connectivity index (χ0v) is 14.0. The van der Waals surface area contributed by atoms with Crippen LogP contribution in [0.2, 0.25) is 0 Å². The van der Waals surface area contributed by atoms with Crippen molar-refractivity contribution in [1.29, 1.82) is 0 Å². The van der Waals surface area contributed by atoms with E-state index in [2.05, 4.69) is 5.32 Å². The maximum atomic E-state index is 11.4. The van der Waals surface area contributed by atoms with Crippen LogP contribution in [0.15, 0.2) is 36.4 Å². The third-order valence-corrected chi connectivity index (χ3v) is 4.53. The molecule has 24 heavy (non-hydrogen) atoms. The molecule has 1 unspecified atom stereocenters. The van der Waals surface area contributed by atoms with Crippen molar-refractivity contribution in [3.05, 3.63) is 53.1 Å². The van der Waals surface area contributed by atoms with Crippen molar-refractivity contribution in [3.63, 3.8) is 0 Å². The molecule has 0 radical (unpaired) electrons. The lowest BCUT2D eigenvalue weighted by Crippen LogP contribution is -2.20. The van der Waals surface area contributed by atoms with Gasteiger partial charge in [0.15, 0.2) is 11.5 Å². The number of aromatic hydroxyl groups is 2. The fourth-order valence-electron chi connectivity index (χ4n) is 2.98. The van der Waals surface area contributed by atoms with Crippen LogP contribution in [0.5, 0.6) is 17.2 Å². The highest BCUT2D eigenvalue weighted by Gasteiger charge is 2.23. The van der Waals surface area contributed by atoms with E-state index in [0.29, 0.717) is 6.54 Å². The van der Waals surface area contributed by atoms with Gasteiger partial charge in [0.05, 0.1) is 6.26 Å². The molecule has 1 aliphatic rings. The summed E-state index contributed by atoms with van der Waals surface area (Å²) in [6.07, 6.45) is 1.66. The standard InChI is InChI=1S/C17H19NO5S/c1-24(21,22)23-17-9-14-12(8-16(17)20)6-7-18-10-15(14)11-2-4-13(19)5-3-11/h2-5,8-9,15,18-20H,6-7,10H2,1H3. The highest BCUT2D eigenvalue weighted by atomic mass is 32.2. The maximum Gasteiger partial charge on any atom is 0.306 e. The van der Waals surface area contributed by atoms with Crippen LogP contribution >= 0.6 is 0 Å². The third-order valence-electron chi connectivity index (χ3n) is 4.05. The fraction of sp³-hybridized carbons (Fsp3) is 0.294. The van der Waals surface area contributed by atoms with Gasteiger partial charge in [-0.2, -0.15) is 8.42 Å². The van der Waals surface area contributed by atoms with Crippen LogP contribution in [-0.2, 0) is 16.5 Å². The molecule has 0 aromatic heterocycles. The third kappa shape index (κ3) is 3.63. The molecule has 0 bridgehead atoms. The highest BCUT2D eigenvalue weighted by Crippen LogP contribution is 2.37. The van der Waals surface area contributed by atoms with Gasteiger partial charge in [0.2, 0.25) is 0 Å². The molecule has 1 heterocycles. The molecular weight excluding hydrogens is 330 g/mol. The van der Waals surface area contributed by atoms with Gasteiger partial charge in [0.25, 0.3) is 0 Å². The van der Waals surface area contributed by atoms with Crippen LogP contribution in [0.25, 0.3) is 0 Å². The highest BCUT2D eigenvalue weighted by molar-refractivity contribution is 7.86. The van der Waals surface area contributed by atoms with E-state index in [9.17, 15) is 18.6 Å². The van der Waals surface area contributed by atoms with Crippen molar-refractivity contribution in [2.75, 3.05) is 19.3 Å². The second-order valence-electron chi connectivity index (χ2n) is 5.90. The van der Waals surface area contributed by atoms with Crippen molar-refractivity contribution in [2.45, 2.75) is 12.3 Å². The summed E-state index contributed by atoms with van der Waals surface area (Å²) >= 11 is 0. The van der Waals surface area contributed by atoms with Crippen LogP contribution in [0.1, 0.15) is 22.6 Å². The largest absolute Gasteiger partial charge is 0.508 e. The van der Waals surface area contributed by atoms with Gasteiger partial charge < -0.3 is 19.7 Å². The Morgan fingerprint density at radius 3 is 2.54 bits per heavy atom. The first-order valence-corrected chi connectivity index (χ1v) is 9.40. The lowest BCUT2D eigenvalue weighted by Gasteiger charge is -2.20. The molecule has 0 saturated carbocycles. The molecule has 1 atom stereocenters. The minimum Gasteiger partial charge on any atom is -0.508 e. The lowest BCUT2D eigenvalue weighted by atomic mass is 9.88. The average Bonchev–Trinajstić information content (AvgIpc) is 2.69. The quantitative estimate of drug-likeness (QED) is 0.730. The molecule has 3 N–H and O–H groups in total. The SMILES string of the molecule is CS(=O)(=O)Oc1cc2c(cc1O)CCNCC2c1ccc(O)cc1. The summed E-state index contributed by atoms with van der Waals surface area (Å²) < 4.78 is 27.7. The van der Waals surface area contributed by atoms with Crippen LogP contribution < -0.4 is 9.50 Å². The molecule has 3 rings (SSSR count). The summed E-state index contributed by atoms with van der Waals surface area (Å²) in [5, 5.41) is 22.9. The first-order valence-electron chi connectivity index (χ1n) is 7.58. The number of rotatable bonds is 3. The van der Waals surface area contributed by atoms with Gasteiger partial charge in [-0.3, -0.25) is 0 Å². The number of fused-ring (bicyclic) bond motifs is 1. The van der Waals surface area contributed by atoms with E-state index in [0.717, 1.165) is 35.9 Å². The molecule has 0 fully saturated rings. The Bertz CT molecular complexity index is 846. The number of nitrogens with one attached hydrogen (secondary N) is 1. The van der Waals surface area contributed by atoms with Gasteiger partial charge in [-0.05, 0) is 53.9 Å².